The first-order chi connectivity index (χ1) is 6.27. The third-order valence-electron chi connectivity index (χ3n) is 2.35. The minimum absolute atomic E-state index is 0.250. The predicted octanol–water partition coefficient (Wildman–Crippen LogP) is 1.21. The molecule has 0 heterocycles. The van der Waals surface area contributed by atoms with Crippen LogP contribution in [0.3, 0.4) is 0 Å². The zero-order valence-electron chi connectivity index (χ0n) is 7.23. The van der Waals surface area contributed by atoms with E-state index in [1.54, 1.807) is 0 Å². The Labute approximate surface area is 76.9 Å². The Balaban J connectivity index is 1.97. The molecule has 1 fully saturated rings. The zero-order valence-corrected chi connectivity index (χ0v) is 7.23. The van der Waals surface area contributed by atoms with Crippen LogP contribution in [0.15, 0.2) is 30.3 Å². The van der Waals surface area contributed by atoms with Crippen molar-refractivity contribution in [2.24, 2.45) is 5.73 Å². The molecule has 1 aromatic carbocycles. The van der Waals surface area contributed by atoms with Crippen molar-refractivity contribution in [1.82, 2.24) is 5.32 Å². The number of hydrogen-bond acceptors (Lipinski definition) is 1. The van der Waals surface area contributed by atoms with Gasteiger partial charge in [0.2, 0.25) is 0 Å². The Morgan fingerprint density at radius 2 is 2.08 bits per heavy atom. The standard InChI is InChI=1S/C10H12N2O/c11-10(13)12-9-6-8(9)7-4-2-1-3-5-7/h1-5,8-9H,6H2,(H3,11,12,13). The number of urea groups is 1. The molecule has 2 amide bonds. The van der Waals surface area contributed by atoms with Crippen LogP contribution in [0, 0.1) is 0 Å². The average Bonchev–Trinajstić information content (AvgIpc) is 2.84. The van der Waals surface area contributed by atoms with Gasteiger partial charge in [0.25, 0.3) is 0 Å². The minimum atomic E-state index is -0.427. The molecule has 13 heavy (non-hydrogen) atoms. The van der Waals surface area contributed by atoms with Crippen molar-refractivity contribution < 1.29 is 4.79 Å². The fraction of sp³-hybridized carbons (Fsp3) is 0.300. The Morgan fingerprint density at radius 1 is 1.38 bits per heavy atom. The summed E-state index contributed by atoms with van der Waals surface area (Å²) in [7, 11) is 0. The van der Waals surface area contributed by atoms with Gasteiger partial charge in [0.05, 0.1) is 0 Å². The van der Waals surface area contributed by atoms with Crippen LogP contribution in [-0.4, -0.2) is 12.1 Å². The third-order valence-corrected chi connectivity index (χ3v) is 2.35. The highest BCUT2D eigenvalue weighted by Gasteiger charge is 2.38. The first-order valence-electron chi connectivity index (χ1n) is 4.38. The van der Waals surface area contributed by atoms with Crippen LogP contribution in [0.2, 0.25) is 0 Å². The van der Waals surface area contributed by atoms with Gasteiger partial charge in [-0.25, -0.2) is 4.79 Å². The SMILES string of the molecule is NC(=O)NC1CC1c1ccccc1. The average molecular weight is 176 g/mol. The molecule has 2 atom stereocenters. The molecule has 3 nitrogen and oxygen atoms in total. The highest BCUT2D eigenvalue weighted by atomic mass is 16.2. The smallest absolute Gasteiger partial charge is 0.312 e. The molecule has 68 valence electrons. The number of nitrogens with two attached hydrogens (primary N) is 1. The first kappa shape index (κ1) is 8.10. The van der Waals surface area contributed by atoms with Gasteiger partial charge < -0.3 is 11.1 Å². The van der Waals surface area contributed by atoms with Gasteiger partial charge in [0.15, 0.2) is 0 Å². The Morgan fingerprint density at radius 3 is 2.69 bits per heavy atom. The van der Waals surface area contributed by atoms with E-state index in [0.717, 1.165) is 6.42 Å². The van der Waals surface area contributed by atoms with Gasteiger partial charge in [-0.05, 0) is 12.0 Å². The molecule has 1 saturated carbocycles. The van der Waals surface area contributed by atoms with Crippen molar-refractivity contribution in [3.05, 3.63) is 35.9 Å². The van der Waals surface area contributed by atoms with Gasteiger partial charge in [0, 0.05) is 12.0 Å². The molecular formula is C10H12N2O. The lowest BCUT2D eigenvalue weighted by Crippen LogP contribution is -2.31. The van der Waals surface area contributed by atoms with E-state index in [9.17, 15) is 4.79 Å². The van der Waals surface area contributed by atoms with E-state index in [2.05, 4.69) is 17.4 Å². The number of nitrogens with one attached hydrogen (secondary N) is 1. The Bertz CT molecular complexity index is 310. The lowest BCUT2D eigenvalue weighted by Gasteiger charge is -2.00. The van der Waals surface area contributed by atoms with Crippen molar-refractivity contribution in [1.29, 1.82) is 0 Å². The van der Waals surface area contributed by atoms with E-state index in [4.69, 9.17) is 5.73 Å². The molecule has 1 aliphatic rings. The van der Waals surface area contributed by atoms with Crippen LogP contribution in [0.4, 0.5) is 4.79 Å². The summed E-state index contributed by atoms with van der Waals surface area (Å²) in [5, 5.41) is 2.70. The van der Waals surface area contributed by atoms with Crippen LogP contribution in [0.5, 0.6) is 0 Å². The van der Waals surface area contributed by atoms with Crippen molar-refractivity contribution in [2.75, 3.05) is 0 Å². The number of benzene rings is 1. The van der Waals surface area contributed by atoms with Gasteiger partial charge in [0.1, 0.15) is 0 Å². The first-order valence-corrected chi connectivity index (χ1v) is 4.38. The largest absolute Gasteiger partial charge is 0.352 e. The van der Waals surface area contributed by atoms with Crippen molar-refractivity contribution >= 4 is 6.03 Å². The van der Waals surface area contributed by atoms with Gasteiger partial charge >= 0.3 is 6.03 Å². The summed E-state index contributed by atoms with van der Waals surface area (Å²) in [5.74, 6) is 0.466. The second-order valence-electron chi connectivity index (χ2n) is 3.37. The van der Waals surface area contributed by atoms with E-state index < -0.39 is 6.03 Å². The predicted molar refractivity (Wildman–Crippen MR) is 50.3 cm³/mol. The molecule has 0 aliphatic heterocycles. The van der Waals surface area contributed by atoms with Crippen molar-refractivity contribution in [3.8, 4) is 0 Å². The van der Waals surface area contributed by atoms with Crippen molar-refractivity contribution in [2.45, 2.75) is 18.4 Å². The molecular weight excluding hydrogens is 164 g/mol. The molecule has 3 heteroatoms. The van der Waals surface area contributed by atoms with E-state index in [-0.39, 0.29) is 6.04 Å². The van der Waals surface area contributed by atoms with Gasteiger partial charge in [-0.3, -0.25) is 0 Å². The minimum Gasteiger partial charge on any atom is -0.352 e. The lowest BCUT2D eigenvalue weighted by atomic mass is 10.1. The monoisotopic (exact) mass is 176 g/mol. The topological polar surface area (TPSA) is 55.1 Å². The quantitative estimate of drug-likeness (QED) is 0.699. The van der Waals surface area contributed by atoms with Crippen molar-refractivity contribution in [3.63, 3.8) is 0 Å². The van der Waals surface area contributed by atoms with E-state index in [0.29, 0.717) is 5.92 Å². The van der Waals surface area contributed by atoms with Gasteiger partial charge in [-0.1, -0.05) is 30.3 Å². The molecule has 2 unspecified atom stereocenters. The summed E-state index contributed by atoms with van der Waals surface area (Å²) >= 11 is 0. The summed E-state index contributed by atoms with van der Waals surface area (Å²) in [6.45, 7) is 0. The number of carbonyl (C=O) groups excluding carboxylic acids is 1. The van der Waals surface area contributed by atoms with Crippen LogP contribution < -0.4 is 11.1 Å². The number of rotatable bonds is 2. The second kappa shape index (κ2) is 3.09. The fourth-order valence-electron chi connectivity index (χ4n) is 1.61. The van der Waals surface area contributed by atoms with Crippen LogP contribution in [-0.2, 0) is 0 Å². The molecule has 2 rings (SSSR count). The molecule has 0 bridgehead atoms. The molecule has 3 N–H and O–H groups in total. The lowest BCUT2D eigenvalue weighted by molar-refractivity contribution is 0.248. The molecule has 0 saturated heterocycles. The molecule has 1 aromatic rings. The zero-order chi connectivity index (χ0) is 9.26. The number of carbonyl (C=O) groups is 1. The number of amides is 2. The Hall–Kier alpha value is -1.51. The van der Waals surface area contributed by atoms with Crippen LogP contribution in [0.25, 0.3) is 0 Å². The molecule has 1 aliphatic carbocycles. The highest BCUT2D eigenvalue weighted by Crippen LogP contribution is 2.40. The third kappa shape index (κ3) is 1.80. The Kier molecular flexibility index (Phi) is 1.93. The fourth-order valence-corrected chi connectivity index (χ4v) is 1.61. The summed E-state index contributed by atoms with van der Waals surface area (Å²) in [4.78, 5) is 10.5. The summed E-state index contributed by atoms with van der Waals surface area (Å²) in [6, 6.07) is 9.98. The maximum Gasteiger partial charge on any atom is 0.312 e. The molecule has 0 radical (unpaired) electrons. The van der Waals surface area contributed by atoms with Gasteiger partial charge in [-0.2, -0.15) is 0 Å². The maximum absolute atomic E-state index is 10.5. The molecule has 0 spiro atoms. The van der Waals surface area contributed by atoms with E-state index >= 15 is 0 Å². The highest BCUT2D eigenvalue weighted by molar-refractivity contribution is 5.72. The normalized spacial score (nSPS) is 25.2. The maximum atomic E-state index is 10.5. The van der Waals surface area contributed by atoms with Crippen LogP contribution >= 0.6 is 0 Å². The second-order valence-corrected chi connectivity index (χ2v) is 3.37. The summed E-state index contributed by atoms with van der Waals surface area (Å²) in [5.41, 5.74) is 6.30. The summed E-state index contributed by atoms with van der Waals surface area (Å²) < 4.78 is 0. The van der Waals surface area contributed by atoms with E-state index in [1.165, 1.54) is 5.56 Å². The number of hydrogen-bond donors (Lipinski definition) is 2. The summed E-state index contributed by atoms with van der Waals surface area (Å²) in [6.07, 6.45) is 1.01. The van der Waals surface area contributed by atoms with Gasteiger partial charge in [-0.15, -0.1) is 0 Å². The van der Waals surface area contributed by atoms with E-state index in [1.807, 2.05) is 18.2 Å². The molecule has 0 aromatic heterocycles. The number of primary amides is 1. The van der Waals surface area contributed by atoms with Crippen LogP contribution in [0.1, 0.15) is 17.9 Å².